The summed E-state index contributed by atoms with van der Waals surface area (Å²) in [5.74, 6) is 0. The Morgan fingerprint density at radius 2 is 2.15 bits per heavy atom. The first-order valence-electron chi connectivity index (χ1n) is 9.34. The van der Waals surface area contributed by atoms with Crippen LogP contribution in [0.4, 0.5) is 4.79 Å². The van der Waals surface area contributed by atoms with Crippen molar-refractivity contribution >= 4 is 6.09 Å². The topological polar surface area (TPSA) is 67.8 Å². The first-order chi connectivity index (χ1) is 12.4. The minimum atomic E-state index is -0.501. The summed E-state index contributed by atoms with van der Waals surface area (Å²) in [7, 11) is 0. The number of carbonyl (C=O) groups excluding carboxylic acids is 1. The second-order valence-corrected chi connectivity index (χ2v) is 7.92. The van der Waals surface area contributed by atoms with Gasteiger partial charge in [0.15, 0.2) is 0 Å². The molecule has 7 nitrogen and oxygen atoms in total. The van der Waals surface area contributed by atoms with Crippen LogP contribution < -0.4 is 4.74 Å². The number of nitrogens with zero attached hydrogens (tertiary/aromatic N) is 4. The molecule has 3 rings (SSSR count). The fourth-order valence-corrected chi connectivity index (χ4v) is 3.39. The van der Waals surface area contributed by atoms with E-state index in [1.54, 1.807) is 4.90 Å². The summed E-state index contributed by atoms with van der Waals surface area (Å²) in [6.07, 6.45) is 4.54. The van der Waals surface area contributed by atoms with Gasteiger partial charge >= 0.3 is 12.1 Å². The molecule has 2 aliphatic heterocycles. The summed E-state index contributed by atoms with van der Waals surface area (Å²) >= 11 is 0. The van der Waals surface area contributed by atoms with E-state index in [1.807, 2.05) is 27.0 Å². The molecule has 1 radical (unpaired) electrons. The number of hydrogen-bond donors (Lipinski definition) is 0. The van der Waals surface area contributed by atoms with Crippen molar-refractivity contribution in [2.24, 2.45) is 0 Å². The Bertz CT molecular complexity index is 650. The van der Waals surface area contributed by atoms with Crippen molar-refractivity contribution in [3.8, 4) is 6.01 Å². The van der Waals surface area contributed by atoms with E-state index in [0.29, 0.717) is 31.7 Å². The third kappa shape index (κ3) is 6.10. The molecule has 1 fully saturated rings. The number of hydrogen-bond acceptors (Lipinski definition) is 6. The molecule has 0 unspecified atom stereocenters. The predicted molar refractivity (Wildman–Crippen MR) is 97.8 cm³/mol. The number of aromatic nitrogens is 2. The molecule has 2 aliphatic rings. The maximum Gasteiger partial charge on any atom is 0.410 e. The zero-order chi connectivity index (χ0) is 18.7. The van der Waals surface area contributed by atoms with Crippen molar-refractivity contribution in [3.63, 3.8) is 0 Å². The molecule has 0 aromatic carbocycles. The van der Waals surface area contributed by atoms with Crippen LogP contribution in [-0.2, 0) is 50.4 Å². The molecule has 0 bridgehead atoms. The Hall–Kier alpha value is -0.786. The summed E-state index contributed by atoms with van der Waals surface area (Å²) < 4.78 is 11.3. The molecule has 1 saturated heterocycles. The zero-order valence-corrected chi connectivity index (χ0v) is 19.4. The van der Waals surface area contributed by atoms with Crippen molar-refractivity contribution in [2.75, 3.05) is 26.2 Å². The molecule has 1 atom stereocenters. The van der Waals surface area contributed by atoms with Gasteiger partial charge in [-0.15, -0.1) is 6.54 Å². The third-order valence-electron chi connectivity index (χ3n) is 4.77. The second-order valence-electron chi connectivity index (χ2n) is 7.92. The Kier molecular flexibility index (Phi) is 8.01. The molecule has 1 aromatic rings. The molecule has 0 spiro atoms. The first-order valence-corrected chi connectivity index (χ1v) is 9.34. The van der Waals surface area contributed by atoms with Gasteiger partial charge in [-0.05, 0) is 52.1 Å². The van der Waals surface area contributed by atoms with Gasteiger partial charge in [-0.3, -0.25) is 0 Å². The van der Waals surface area contributed by atoms with Crippen LogP contribution in [0.25, 0.3) is 0 Å². The SMILES string of the molecule is [CH2-]CN1CCC[C@H]1COc1ncc2c(n1)CN(C(=O)OC(C)(C)C)CC2.[Y]. The summed E-state index contributed by atoms with van der Waals surface area (Å²) in [5.41, 5.74) is 1.41. The van der Waals surface area contributed by atoms with Crippen LogP contribution in [0.3, 0.4) is 0 Å². The number of rotatable bonds is 4. The van der Waals surface area contributed by atoms with Crippen LogP contribution >= 0.6 is 0 Å². The molecular formula is C19H29N4O3Y-. The fraction of sp³-hybridized carbons (Fsp3) is 0.684. The van der Waals surface area contributed by atoms with E-state index in [0.717, 1.165) is 37.2 Å². The van der Waals surface area contributed by atoms with E-state index in [9.17, 15) is 4.79 Å². The second kappa shape index (κ2) is 9.61. The molecule has 0 aliphatic carbocycles. The standard InChI is InChI=1S/C19H29N4O3.Y/c1-5-22-9-6-7-15(22)13-25-17-20-11-14-8-10-23(12-16(14)21-17)18(24)26-19(2,3)4;/h11,15H,1,5-10,12-13H2,2-4H3;/q-1;/t15-;/m0./s1. The quantitative estimate of drug-likeness (QED) is 0.657. The van der Waals surface area contributed by atoms with E-state index in [-0.39, 0.29) is 38.8 Å². The predicted octanol–water partition coefficient (Wildman–Crippen LogP) is 2.44. The van der Waals surface area contributed by atoms with Gasteiger partial charge in [-0.2, -0.15) is 4.98 Å². The van der Waals surface area contributed by atoms with Gasteiger partial charge in [0, 0.05) is 51.5 Å². The maximum atomic E-state index is 12.3. The van der Waals surface area contributed by atoms with Crippen molar-refractivity contribution in [1.82, 2.24) is 19.8 Å². The summed E-state index contributed by atoms with van der Waals surface area (Å²) in [6.45, 7) is 13.1. The summed E-state index contributed by atoms with van der Waals surface area (Å²) in [4.78, 5) is 25.2. The monoisotopic (exact) mass is 450 g/mol. The number of fused-ring (bicyclic) bond motifs is 1. The largest absolute Gasteiger partial charge is 0.462 e. The Labute approximate surface area is 187 Å². The van der Waals surface area contributed by atoms with Gasteiger partial charge in [0.05, 0.1) is 12.2 Å². The van der Waals surface area contributed by atoms with Gasteiger partial charge in [0.2, 0.25) is 0 Å². The minimum absolute atomic E-state index is 0. The minimum Gasteiger partial charge on any atom is -0.462 e. The summed E-state index contributed by atoms with van der Waals surface area (Å²) in [5, 5.41) is 0. The number of ether oxygens (including phenoxy) is 2. The Morgan fingerprint density at radius 1 is 1.37 bits per heavy atom. The molecule has 1 aromatic heterocycles. The van der Waals surface area contributed by atoms with Crippen molar-refractivity contribution in [3.05, 3.63) is 24.4 Å². The number of likely N-dealkylation sites (tertiary alicyclic amines) is 1. The van der Waals surface area contributed by atoms with Gasteiger partial charge in [-0.1, -0.05) is 0 Å². The van der Waals surface area contributed by atoms with Gasteiger partial charge in [0.1, 0.15) is 12.2 Å². The molecular weight excluding hydrogens is 421 g/mol. The molecule has 147 valence electrons. The zero-order valence-electron chi connectivity index (χ0n) is 16.6. The molecule has 1 amide bonds. The van der Waals surface area contributed by atoms with Crippen LogP contribution in [0, 0.1) is 6.92 Å². The van der Waals surface area contributed by atoms with Gasteiger partial charge in [-0.25, -0.2) is 9.78 Å². The van der Waals surface area contributed by atoms with E-state index < -0.39 is 5.60 Å². The number of amides is 1. The Morgan fingerprint density at radius 3 is 2.85 bits per heavy atom. The van der Waals surface area contributed by atoms with E-state index in [4.69, 9.17) is 9.47 Å². The van der Waals surface area contributed by atoms with Crippen LogP contribution in [0.1, 0.15) is 44.9 Å². The van der Waals surface area contributed by atoms with Crippen molar-refractivity contribution in [2.45, 2.75) is 58.2 Å². The first kappa shape index (κ1) is 22.5. The molecule has 3 heterocycles. The fourth-order valence-electron chi connectivity index (χ4n) is 3.39. The average molecular weight is 450 g/mol. The van der Waals surface area contributed by atoms with Gasteiger partial charge < -0.3 is 26.2 Å². The Balaban J connectivity index is 0.00000261. The van der Waals surface area contributed by atoms with Crippen LogP contribution in [0.2, 0.25) is 0 Å². The van der Waals surface area contributed by atoms with Crippen LogP contribution in [0.5, 0.6) is 6.01 Å². The van der Waals surface area contributed by atoms with Gasteiger partial charge in [0.25, 0.3) is 0 Å². The summed E-state index contributed by atoms with van der Waals surface area (Å²) in [6, 6.07) is 0.760. The molecule has 27 heavy (non-hydrogen) atoms. The van der Waals surface area contributed by atoms with Crippen molar-refractivity contribution in [1.29, 1.82) is 0 Å². The van der Waals surface area contributed by atoms with Crippen LogP contribution in [0.15, 0.2) is 6.20 Å². The molecule has 8 heteroatoms. The van der Waals surface area contributed by atoms with E-state index >= 15 is 0 Å². The number of carbonyl (C=O) groups is 1. The third-order valence-corrected chi connectivity index (χ3v) is 4.77. The molecule has 0 saturated carbocycles. The normalized spacial score (nSPS) is 20.0. The van der Waals surface area contributed by atoms with Crippen LogP contribution in [-0.4, -0.2) is 63.7 Å². The van der Waals surface area contributed by atoms with E-state index in [1.165, 1.54) is 6.42 Å². The van der Waals surface area contributed by atoms with E-state index in [2.05, 4.69) is 21.8 Å². The average Bonchev–Trinajstić information content (AvgIpc) is 3.05. The van der Waals surface area contributed by atoms with Crippen molar-refractivity contribution < 1.29 is 47.0 Å². The maximum absolute atomic E-state index is 12.3. The smallest absolute Gasteiger partial charge is 0.410 e. The molecule has 0 N–H and O–H groups in total.